The fraction of sp³-hybridized carbons (Fsp3) is 0.0800. The third kappa shape index (κ3) is 4.76. The Balaban J connectivity index is 1.76. The van der Waals surface area contributed by atoms with Gasteiger partial charge in [0.05, 0.1) is 29.7 Å². The Morgan fingerprint density at radius 2 is 1.91 bits per heavy atom. The van der Waals surface area contributed by atoms with E-state index in [-0.39, 0.29) is 16.9 Å². The second kappa shape index (κ2) is 10.1. The summed E-state index contributed by atoms with van der Waals surface area (Å²) in [6, 6.07) is 19.3. The van der Waals surface area contributed by atoms with Crippen LogP contribution in [0.25, 0.3) is 11.3 Å². The lowest BCUT2D eigenvalue weighted by Crippen LogP contribution is -2.19. The standard InChI is InChI=1S/C25H21N7O2/c1-27-25(33)18-15-29-23(32-22-11-5-7-16(14-26)30-22)13-21(18)31-20-10-6-8-17(24(20)34-2)19-9-3-4-12-28-19/h3-13,15H,1-2H3,(H,27,33)(H2,29,30,31,32)/i1D3. The second-order valence-corrected chi connectivity index (χ2v) is 6.94. The predicted molar refractivity (Wildman–Crippen MR) is 129 cm³/mol. The Hall–Kier alpha value is -4.97. The molecule has 1 amide bonds. The van der Waals surface area contributed by atoms with Crippen LogP contribution in [0.15, 0.2) is 73.1 Å². The number of rotatable bonds is 7. The van der Waals surface area contributed by atoms with E-state index in [9.17, 15) is 4.79 Å². The molecule has 0 spiro atoms. The minimum atomic E-state index is -2.69. The molecule has 0 bridgehead atoms. The van der Waals surface area contributed by atoms with E-state index >= 15 is 0 Å². The number of nitrogens with one attached hydrogen (secondary N) is 3. The SMILES string of the molecule is [2H]C([2H])([2H])NC(=O)c1cnc(Nc2cccc(C#N)n2)cc1Nc1cccc(-c2ccccn2)c1OC. The van der Waals surface area contributed by atoms with E-state index in [1.807, 2.05) is 29.6 Å². The molecule has 1 aromatic carbocycles. The number of ether oxygens (including phenoxy) is 1. The second-order valence-electron chi connectivity index (χ2n) is 6.94. The number of pyridine rings is 3. The molecule has 34 heavy (non-hydrogen) atoms. The number of hydrogen-bond donors (Lipinski definition) is 3. The highest BCUT2D eigenvalue weighted by Crippen LogP contribution is 2.37. The molecule has 0 aliphatic heterocycles. The summed E-state index contributed by atoms with van der Waals surface area (Å²) >= 11 is 0. The molecular formula is C25H21N7O2. The molecule has 0 radical (unpaired) electrons. The number of anilines is 4. The fourth-order valence-corrected chi connectivity index (χ4v) is 3.30. The van der Waals surface area contributed by atoms with E-state index in [1.54, 1.807) is 42.6 Å². The Bertz CT molecular complexity index is 1470. The van der Waals surface area contributed by atoms with Crippen molar-refractivity contribution in [2.45, 2.75) is 0 Å². The van der Waals surface area contributed by atoms with Gasteiger partial charge in [-0.1, -0.05) is 18.2 Å². The van der Waals surface area contributed by atoms with Crippen molar-refractivity contribution in [2.75, 3.05) is 24.7 Å². The number of hydrogen-bond acceptors (Lipinski definition) is 8. The highest BCUT2D eigenvalue weighted by molar-refractivity contribution is 6.00. The van der Waals surface area contributed by atoms with Gasteiger partial charge in [-0.15, -0.1) is 0 Å². The van der Waals surface area contributed by atoms with E-state index in [2.05, 4.69) is 25.6 Å². The molecule has 4 rings (SSSR count). The summed E-state index contributed by atoms with van der Waals surface area (Å²) in [5, 5.41) is 17.2. The number of aromatic nitrogens is 3. The molecule has 3 aromatic heterocycles. The van der Waals surface area contributed by atoms with Crippen LogP contribution in [0.1, 0.15) is 20.2 Å². The summed E-state index contributed by atoms with van der Waals surface area (Å²) < 4.78 is 27.9. The predicted octanol–water partition coefficient (Wildman–Crippen LogP) is 4.27. The van der Waals surface area contributed by atoms with E-state index < -0.39 is 12.9 Å². The summed E-state index contributed by atoms with van der Waals surface area (Å²) in [6.45, 7) is -2.69. The number of nitriles is 1. The van der Waals surface area contributed by atoms with Gasteiger partial charge in [0.15, 0.2) is 5.75 Å². The largest absolute Gasteiger partial charge is 0.494 e. The van der Waals surface area contributed by atoms with Gasteiger partial charge in [-0.3, -0.25) is 9.78 Å². The van der Waals surface area contributed by atoms with Crippen LogP contribution in [-0.4, -0.2) is 34.9 Å². The van der Waals surface area contributed by atoms with Crippen molar-refractivity contribution >= 4 is 28.9 Å². The quantitative estimate of drug-likeness (QED) is 0.378. The summed E-state index contributed by atoms with van der Waals surface area (Å²) in [5.41, 5.74) is 2.37. The number of carbonyl (C=O) groups excluding carboxylic acids is 1. The highest BCUT2D eigenvalue weighted by Gasteiger charge is 2.17. The molecule has 0 atom stereocenters. The number of carbonyl (C=O) groups is 1. The maximum absolute atomic E-state index is 12.8. The molecule has 9 nitrogen and oxygen atoms in total. The third-order valence-electron chi connectivity index (χ3n) is 4.81. The lowest BCUT2D eigenvalue weighted by molar-refractivity contribution is 0.0963. The minimum absolute atomic E-state index is 0.00861. The number of amides is 1. The summed E-state index contributed by atoms with van der Waals surface area (Å²) in [5.74, 6) is 0.298. The average Bonchev–Trinajstić information content (AvgIpc) is 2.88. The van der Waals surface area contributed by atoms with Gasteiger partial charge in [0.2, 0.25) is 0 Å². The molecular weight excluding hydrogens is 430 g/mol. The van der Waals surface area contributed by atoms with Crippen LogP contribution in [-0.2, 0) is 0 Å². The van der Waals surface area contributed by atoms with Gasteiger partial charge in [0.25, 0.3) is 5.91 Å². The molecule has 0 aliphatic rings. The van der Waals surface area contributed by atoms with Gasteiger partial charge in [0, 0.05) is 35.1 Å². The number of nitrogens with zero attached hydrogens (tertiary/aromatic N) is 4. The van der Waals surface area contributed by atoms with Crippen LogP contribution >= 0.6 is 0 Å². The Labute approximate surface area is 200 Å². The first-order valence-electron chi connectivity index (χ1n) is 11.6. The topological polar surface area (TPSA) is 125 Å². The van der Waals surface area contributed by atoms with Crippen LogP contribution in [0.4, 0.5) is 23.0 Å². The van der Waals surface area contributed by atoms with Crippen LogP contribution < -0.4 is 20.7 Å². The number of benzene rings is 1. The first kappa shape index (κ1) is 18.6. The summed E-state index contributed by atoms with van der Waals surface area (Å²) in [6.07, 6.45) is 2.91. The smallest absolute Gasteiger partial charge is 0.254 e. The molecule has 0 fully saturated rings. The van der Waals surface area contributed by atoms with Gasteiger partial charge >= 0.3 is 0 Å². The molecule has 0 unspecified atom stereocenters. The maximum atomic E-state index is 12.8. The molecule has 3 heterocycles. The number of methoxy groups -OCH3 is 1. The minimum Gasteiger partial charge on any atom is -0.494 e. The lowest BCUT2D eigenvalue weighted by atomic mass is 10.1. The Kier molecular flexibility index (Phi) is 5.52. The van der Waals surface area contributed by atoms with Gasteiger partial charge in [-0.05, 0) is 36.4 Å². The van der Waals surface area contributed by atoms with Gasteiger partial charge in [-0.25, -0.2) is 9.97 Å². The average molecular weight is 455 g/mol. The molecule has 4 aromatic rings. The zero-order valence-corrected chi connectivity index (χ0v) is 18.0. The van der Waals surface area contributed by atoms with Crippen molar-refractivity contribution < 1.29 is 13.6 Å². The van der Waals surface area contributed by atoms with E-state index in [1.165, 1.54) is 19.4 Å². The highest BCUT2D eigenvalue weighted by atomic mass is 16.5. The van der Waals surface area contributed by atoms with E-state index in [0.29, 0.717) is 34.3 Å². The fourth-order valence-electron chi connectivity index (χ4n) is 3.30. The van der Waals surface area contributed by atoms with Crippen LogP contribution in [0, 0.1) is 11.3 Å². The van der Waals surface area contributed by atoms with Crippen molar-refractivity contribution in [1.82, 2.24) is 20.3 Å². The van der Waals surface area contributed by atoms with Crippen molar-refractivity contribution in [1.29, 1.82) is 5.26 Å². The van der Waals surface area contributed by atoms with Crippen LogP contribution in [0.3, 0.4) is 0 Å². The van der Waals surface area contributed by atoms with Gasteiger partial charge < -0.3 is 20.7 Å². The molecule has 3 N–H and O–H groups in total. The Morgan fingerprint density at radius 3 is 2.68 bits per heavy atom. The summed E-state index contributed by atoms with van der Waals surface area (Å²) in [7, 11) is 1.52. The van der Waals surface area contributed by atoms with Gasteiger partial charge in [0.1, 0.15) is 23.4 Å². The Morgan fingerprint density at radius 1 is 1.03 bits per heavy atom. The lowest BCUT2D eigenvalue weighted by Gasteiger charge is -2.17. The first-order chi connectivity index (χ1) is 17.8. The summed E-state index contributed by atoms with van der Waals surface area (Å²) in [4.78, 5) is 25.6. The normalized spacial score (nSPS) is 11.8. The first-order valence-corrected chi connectivity index (χ1v) is 10.1. The monoisotopic (exact) mass is 454 g/mol. The maximum Gasteiger partial charge on any atom is 0.254 e. The zero-order valence-electron chi connectivity index (χ0n) is 21.0. The molecule has 0 aliphatic carbocycles. The molecule has 0 saturated heterocycles. The zero-order chi connectivity index (χ0) is 26.4. The van der Waals surface area contributed by atoms with Crippen LogP contribution in [0.2, 0.25) is 0 Å². The molecule has 168 valence electrons. The van der Waals surface area contributed by atoms with Crippen LogP contribution in [0.5, 0.6) is 5.75 Å². The van der Waals surface area contributed by atoms with Crippen molar-refractivity contribution in [3.8, 4) is 23.1 Å². The van der Waals surface area contributed by atoms with E-state index in [0.717, 1.165) is 0 Å². The molecule has 0 saturated carbocycles. The number of para-hydroxylation sites is 1. The van der Waals surface area contributed by atoms with E-state index in [4.69, 9.17) is 14.1 Å². The molecule has 9 heteroatoms. The van der Waals surface area contributed by atoms with Gasteiger partial charge in [-0.2, -0.15) is 5.26 Å². The van der Waals surface area contributed by atoms with Crippen molar-refractivity contribution in [3.63, 3.8) is 0 Å². The van der Waals surface area contributed by atoms with Crippen molar-refractivity contribution in [3.05, 3.63) is 84.3 Å². The van der Waals surface area contributed by atoms with Crippen molar-refractivity contribution in [2.24, 2.45) is 0 Å². The third-order valence-corrected chi connectivity index (χ3v) is 4.81.